The predicted octanol–water partition coefficient (Wildman–Crippen LogP) is 4.29. The second-order valence-electron chi connectivity index (χ2n) is 4.44. The van der Waals surface area contributed by atoms with E-state index in [2.05, 4.69) is 19.9 Å². The monoisotopic (exact) mass is 296 g/mol. The van der Waals surface area contributed by atoms with Crippen LogP contribution in [0.4, 0.5) is 0 Å². The molecule has 18 heavy (non-hydrogen) atoms. The summed E-state index contributed by atoms with van der Waals surface area (Å²) in [6, 6.07) is 9.83. The molecule has 0 aliphatic carbocycles. The normalized spacial score (nSPS) is 22.7. The van der Waals surface area contributed by atoms with Gasteiger partial charge in [0.05, 0.1) is 26.0 Å². The van der Waals surface area contributed by atoms with Crippen LogP contribution in [-0.4, -0.2) is 4.08 Å². The maximum atomic E-state index is 9.28. The summed E-state index contributed by atoms with van der Waals surface area (Å²) in [5.74, 6) is 0. The molecule has 1 aliphatic rings. The van der Waals surface area contributed by atoms with E-state index >= 15 is 0 Å². The van der Waals surface area contributed by atoms with Gasteiger partial charge in [0.25, 0.3) is 0 Å². The summed E-state index contributed by atoms with van der Waals surface area (Å²) in [5.41, 5.74) is 7.72. The molecule has 1 aromatic carbocycles. The molecule has 0 aromatic heterocycles. The first-order valence-corrected chi connectivity index (χ1v) is 7.52. The third-order valence-corrected chi connectivity index (χ3v) is 5.61. The van der Waals surface area contributed by atoms with Gasteiger partial charge in [-0.15, -0.1) is 11.8 Å². The smallest absolute Gasteiger partial charge is 0.0990 e. The molecule has 0 saturated carbocycles. The summed E-state index contributed by atoms with van der Waals surface area (Å²) in [5, 5.41) is 10.6. The van der Waals surface area contributed by atoms with Gasteiger partial charge in [-0.2, -0.15) is 5.26 Å². The van der Waals surface area contributed by atoms with Crippen LogP contribution in [0.2, 0.25) is 5.02 Å². The number of halogens is 1. The van der Waals surface area contributed by atoms with Gasteiger partial charge in [0, 0.05) is 5.02 Å². The lowest BCUT2D eigenvalue weighted by Gasteiger charge is -2.34. The van der Waals surface area contributed by atoms with Crippen molar-refractivity contribution in [3.8, 4) is 6.07 Å². The van der Waals surface area contributed by atoms with E-state index in [4.69, 9.17) is 17.3 Å². The number of nitriles is 1. The molecule has 0 spiro atoms. The Kier molecular flexibility index (Phi) is 3.86. The van der Waals surface area contributed by atoms with Crippen LogP contribution >= 0.6 is 35.1 Å². The summed E-state index contributed by atoms with van der Waals surface area (Å²) < 4.78 is -0.0330. The first-order valence-electron chi connectivity index (χ1n) is 5.45. The Bertz CT molecular complexity index is 529. The van der Waals surface area contributed by atoms with E-state index in [1.54, 1.807) is 23.5 Å². The molecule has 1 heterocycles. The number of rotatable bonds is 1. The van der Waals surface area contributed by atoms with Crippen LogP contribution in [0.15, 0.2) is 34.9 Å². The van der Waals surface area contributed by atoms with Crippen LogP contribution in [0, 0.1) is 11.3 Å². The van der Waals surface area contributed by atoms with Gasteiger partial charge >= 0.3 is 0 Å². The molecule has 0 unspecified atom stereocenters. The standard InChI is InChI=1S/C13H13ClN2S2/c1-13(2)17-11(10(7-15)12(16)18-13)8-3-5-9(14)6-4-8/h3-6,11H,16H2,1-2H3/t11-/m0/s1. The van der Waals surface area contributed by atoms with E-state index in [9.17, 15) is 5.26 Å². The number of nitrogens with zero attached hydrogens (tertiary/aromatic N) is 1. The van der Waals surface area contributed by atoms with Crippen molar-refractivity contribution in [2.45, 2.75) is 23.2 Å². The lowest BCUT2D eigenvalue weighted by molar-refractivity contribution is 0.989. The summed E-state index contributed by atoms with van der Waals surface area (Å²) in [6.07, 6.45) is 0. The summed E-state index contributed by atoms with van der Waals surface area (Å²) in [4.78, 5) is 0. The van der Waals surface area contributed by atoms with E-state index in [1.165, 1.54) is 0 Å². The lowest BCUT2D eigenvalue weighted by atomic mass is 10.1. The SMILES string of the molecule is CC1(C)SC(N)=C(C#N)[C@H](c2ccc(Cl)cc2)S1. The molecule has 0 fully saturated rings. The zero-order valence-corrected chi connectivity index (χ0v) is 12.5. The topological polar surface area (TPSA) is 49.8 Å². The van der Waals surface area contributed by atoms with Crippen molar-refractivity contribution < 1.29 is 0 Å². The van der Waals surface area contributed by atoms with Gasteiger partial charge in [-0.05, 0) is 31.5 Å². The number of hydrogen-bond donors (Lipinski definition) is 1. The first kappa shape index (κ1) is 13.7. The van der Waals surface area contributed by atoms with Gasteiger partial charge in [0.15, 0.2) is 0 Å². The molecule has 2 rings (SSSR count). The van der Waals surface area contributed by atoms with Gasteiger partial charge in [-0.25, -0.2) is 0 Å². The van der Waals surface area contributed by atoms with Gasteiger partial charge in [0.1, 0.15) is 0 Å². The largest absolute Gasteiger partial charge is 0.393 e. The van der Waals surface area contributed by atoms with Crippen molar-refractivity contribution in [1.29, 1.82) is 5.26 Å². The van der Waals surface area contributed by atoms with Crippen molar-refractivity contribution in [3.05, 3.63) is 45.5 Å². The van der Waals surface area contributed by atoms with Crippen molar-refractivity contribution in [2.24, 2.45) is 5.73 Å². The maximum absolute atomic E-state index is 9.28. The maximum Gasteiger partial charge on any atom is 0.0990 e. The van der Waals surface area contributed by atoms with Crippen LogP contribution in [-0.2, 0) is 0 Å². The van der Waals surface area contributed by atoms with E-state index in [1.807, 2.05) is 24.3 Å². The van der Waals surface area contributed by atoms with E-state index in [0.717, 1.165) is 5.56 Å². The Balaban J connectivity index is 2.45. The van der Waals surface area contributed by atoms with Crippen molar-refractivity contribution in [2.75, 3.05) is 0 Å². The third kappa shape index (κ3) is 2.80. The van der Waals surface area contributed by atoms with Crippen LogP contribution in [0.25, 0.3) is 0 Å². The average molecular weight is 297 g/mol. The fourth-order valence-electron chi connectivity index (χ4n) is 1.80. The number of benzene rings is 1. The Morgan fingerprint density at radius 1 is 1.33 bits per heavy atom. The highest BCUT2D eigenvalue weighted by Gasteiger charge is 2.35. The van der Waals surface area contributed by atoms with E-state index < -0.39 is 0 Å². The molecule has 0 saturated heterocycles. The quantitative estimate of drug-likeness (QED) is 0.840. The summed E-state index contributed by atoms with van der Waals surface area (Å²) >= 11 is 9.19. The predicted molar refractivity (Wildman–Crippen MR) is 80.3 cm³/mol. The molecule has 1 aromatic rings. The molecule has 0 radical (unpaired) electrons. The van der Waals surface area contributed by atoms with Crippen molar-refractivity contribution in [3.63, 3.8) is 0 Å². The average Bonchev–Trinajstić information content (AvgIpc) is 2.28. The molecule has 1 atom stereocenters. The molecular formula is C13H13ClN2S2. The molecule has 94 valence electrons. The number of nitrogens with two attached hydrogens (primary N) is 1. The highest BCUT2D eigenvalue weighted by Crippen LogP contribution is 2.55. The van der Waals surface area contributed by atoms with Crippen molar-refractivity contribution in [1.82, 2.24) is 0 Å². The molecular weight excluding hydrogens is 284 g/mol. The van der Waals surface area contributed by atoms with E-state index in [0.29, 0.717) is 15.6 Å². The minimum Gasteiger partial charge on any atom is -0.393 e. The fraction of sp³-hybridized carbons (Fsp3) is 0.308. The highest BCUT2D eigenvalue weighted by atomic mass is 35.5. The van der Waals surface area contributed by atoms with Gasteiger partial charge in [0.2, 0.25) is 0 Å². The summed E-state index contributed by atoms with van der Waals surface area (Å²) in [6.45, 7) is 4.23. The zero-order chi connectivity index (χ0) is 13.3. The lowest BCUT2D eigenvalue weighted by Crippen LogP contribution is -2.22. The molecule has 0 bridgehead atoms. The minimum atomic E-state index is -0.0330. The Labute approximate surface area is 121 Å². The fourth-order valence-corrected chi connectivity index (χ4v) is 4.71. The molecule has 5 heteroatoms. The molecule has 0 amide bonds. The Morgan fingerprint density at radius 2 is 1.94 bits per heavy atom. The number of thioether (sulfide) groups is 2. The van der Waals surface area contributed by atoms with Crippen LogP contribution in [0.1, 0.15) is 24.7 Å². The van der Waals surface area contributed by atoms with Gasteiger partial charge in [-0.3, -0.25) is 0 Å². The Morgan fingerprint density at radius 3 is 2.50 bits per heavy atom. The number of hydrogen-bond acceptors (Lipinski definition) is 4. The van der Waals surface area contributed by atoms with Gasteiger partial charge < -0.3 is 5.73 Å². The Hall–Kier alpha value is -0.760. The first-order chi connectivity index (χ1) is 8.43. The van der Waals surface area contributed by atoms with Crippen LogP contribution in [0.3, 0.4) is 0 Å². The summed E-state index contributed by atoms with van der Waals surface area (Å²) in [7, 11) is 0. The molecule has 1 aliphatic heterocycles. The van der Waals surface area contributed by atoms with Gasteiger partial charge in [-0.1, -0.05) is 35.5 Å². The van der Waals surface area contributed by atoms with Crippen LogP contribution < -0.4 is 5.73 Å². The molecule has 2 N–H and O–H groups in total. The zero-order valence-electron chi connectivity index (χ0n) is 10.1. The van der Waals surface area contributed by atoms with Crippen molar-refractivity contribution >= 4 is 35.1 Å². The second kappa shape index (κ2) is 5.08. The van der Waals surface area contributed by atoms with E-state index in [-0.39, 0.29) is 9.33 Å². The van der Waals surface area contributed by atoms with Crippen LogP contribution in [0.5, 0.6) is 0 Å². The minimum absolute atomic E-state index is 0.0106. The third-order valence-electron chi connectivity index (χ3n) is 2.58. The molecule has 2 nitrogen and oxygen atoms in total. The second-order valence-corrected chi connectivity index (χ2v) is 8.53. The highest BCUT2D eigenvalue weighted by molar-refractivity contribution is 8.20.